The minimum atomic E-state index is -4.19. The number of ketones is 1. The molecule has 1 aliphatic carbocycles. The fourth-order valence-corrected chi connectivity index (χ4v) is 2.52. The Kier molecular flexibility index (Phi) is 4.23. The van der Waals surface area contributed by atoms with E-state index in [0.717, 1.165) is 12.8 Å². The van der Waals surface area contributed by atoms with Gasteiger partial charge in [-0.15, -0.1) is 0 Å². The van der Waals surface area contributed by atoms with Gasteiger partial charge < -0.3 is 0 Å². The van der Waals surface area contributed by atoms with Crippen molar-refractivity contribution in [2.75, 3.05) is 20.1 Å². The third-order valence-corrected chi connectivity index (χ3v) is 3.37. The van der Waals surface area contributed by atoms with Gasteiger partial charge >= 0.3 is 6.18 Å². The summed E-state index contributed by atoms with van der Waals surface area (Å²) in [7, 11) is 1.42. The first-order valence-corrected chi connectivity index (χ1v) is 5.91. The third kappa shape index (κ3) is 4.30. The van der Waals surface area contributed by atoms with Crippen LogP contribution in [0.1, 0.15) is 33.1 Å². The summed E-state index contributed by atoms with van der Waals surface area (Å²) in [5.41, 5.74) is -0.373. The van der Waals surface area contributed by atoms with Crippen LogP contribution in [0.2, 0.25) is 0 Å². The lowest BCUT2D eigenvalue weighted by Crippen LogP contribution is -2.42. The molecule has 1 rings (SSSR count). The Hall–Kier alpha value is -0.580. The van der Waals surface area contributed by atoms with Gasteiger partial charge in [-0.05, 0) is 19.9 Å². The van der Waals surface area contributed by atoms with E-state index in [-0.39, 0.29) is 23.7 Å². The number of nitrogens with zero attached hydrogens (tertiary/aromatic N) is 1. The van der Waals surface area contributed by atoms with E-state index in [2.05, 4.69) is 0 Å². The van der Waals surface area contributed by atoms with Crippen LogP contribution in [-0.2, 0) is 4.79 Å². The monoisotopic (exact) mass is 251 g/mol. The number of alkyl halides is 3. The van der Waals surface area contributed by atoms with Gasteiger partial charge in [0.15, 0.2) is 0 Å². The van der Waals surface area contributed by atoms with Crippen molar-refractivity contribution in [2.24, 2.45) is 11.3 Å². The first-order valence-electron chi connectivity index (χ1n) is 5.91. The van der Waals surface area contributed by atoms with Crippen LogP contribution >= 0.6 is 0 Å². The minimum Gasteiger partial charge on any atom is -0.299 e. The summed E-state index contributed by atoms with van der Waals surface area (Å²) < 4.78 is 36.5. The number of carbonyl (C=O) groups is 1. The van der Waals surface area contributed by atoms with Crippen LogP contribution in [0.5, 0.6) is 0 Å². The molecular formula is C12H20F3NO. The number of Topliss-reactive ketones (excluding diaryl/α,β-unsaturated/α-hetero) is 1. The van der Waals surface area contributed by atoms with Gasteiger partial charge in [-0.1, -0.05) is 20.3 Å². The first-order chi connectivity index (χ1) is 7.62. The fourth-order valence-electron chi connectivity index (χ4n) is 2.52. The van der Waals surface area contributed by atoms with E-state index in [4.69, 9.17) is 0 Å². The summed E-state index contributed by atoms with van der Waals surface area (Å²) >= 11 is 0. The molecule has 1 atom stereocenters. The van der Waals surface area contributed by atoms with E-state index in [9.17, 15) is 18.0 Å². The summed E-state index contributed by atoms with van der Waals surface area (Å²) in [6, 6.07) is 0. The molecule has 5 heteroatoms. The maximum atomic E-state index is 12.2. The largest absolute Gasteiger partial charge is 0.401 e. The molecule has 0 aromatic rings. The average Bonchev–Trinajstić information content (AvgIpc) is 2.09. The lowest BCUT2D eigenvalue weighted by atomic mass is 9.71. The van der Waals surface area contributed by atoms with Crippen LogP contribution in [0.25, 0.3) is 0 Å². The summed E-state index contributed by atoms with van der Waals surface area (Å²) in [5.74, 6) is -0.135. The van der Waals surface area contributed by atoms with Crippen molar-refractivity contribution in [3.05, 3.63) is 0 Å². The van der Waals surface area contributed by atoms with Gasteiger partial charge in [-0.2, -0.15) is 13.2 Å². The normalized spacial score (nSPS) is 25.4. The van der Waals surface area contributed by atoms with Crippen LogP contribution in [-0.4, -0.2) is 37.0 Å². The molecule has 17 heavy (non-hydrogen) atoms. The molecule has 0 amide bonds. The number of hydrogen-bond acceptors (Lipinski definition) is 2. The molecule has 0 radical (unpaired) electrons. The summed E-state index contributed by atoms with van der Waals surface area (Å²) in [5, 5.41) is 0. The topological polar surface area (TPSA) is 20.3 Å². The molecule has 0 N–H and O–H groups in total. The quantitative estimate of drug-likeness (QED) is 0.768. The smallest absolute Gasteiger partial charge is 0.299 e. The van der Waals surface area contributed by atoms with Crippen molar-refractivity contribution in [1.82, 2.24) is 4.90 Å². The Bertz CT molecular complexity index is 286. The Morgan fingerprint density at radius 3 is 2.53 bits per heavy atom. The van der Waals surface area contributed by atoms with Gasteiger partial charge in [0.2, 0.25) is 0 Å². The van der Waals surface area contributed by atoms with Gasteiger partial charge in [0.25, 0.3) is 0 Å². The number of carbonyl (C=O) groups excluding carboxylic acids is 1. The second-order valence-corrected chi connectivity index (χ2v) is 5.65. The molecule has 1 aliphatic rings. The zero-order valence-corrected chi connectivity index (χ0v) is 10.6. The van der Waals surface area contributed by atoms with Gasteiger partial charge in [0.1, 0.15) is 5.78 Å². The molecule has 0 heterocycles. The summed E-state index contributed by atoms with van der Waals surface area (Å²) in [4.78, 5) is 13.2. The van der Waals surface area contributed by atoms with Gasteiger partial charge in [0.05, 0.1) is 6.54 Å². The predicted octanol–water partition coefficient (Wildman–Crippen LogP) is 2.88. The van der Waals surface area contributed by atoms with Crippen molar-refractivity contribution < 1.29 is 18.0 Å². The zero-order valence-electron chi connectivity index (χ0n) is 10.6. The molecule has 1 unspecified atom stereocenters. The molecule has 0 aliphatic heterocycles. The molecule has 0 saturated heterocycles. The third-order valence-electron chi connectivity index (χ3n) is 3.37. The van der Waals surface area contributed by atoms with Crippen LogP contribution in [0.3, 0.4) is 0 Å². The molecule has 1 saturated carbocycles. The number of halogens is 3. The van der Waals surface area contributed by atoms with Crippen LogP contribution in [0.4, 0.5) is 13.2 Å². The van der Waals surface area contributed by atoms with E-state index in [1.165, 1.54) is 11.9 Å². The highest BCUT2D eigenvalue weighted by molar-refractivity contribution is 5.87. The zero-order chi connectivity index (χ0) is 13.3. The molecule has 0 spiro atoms. The van der Waals surface area contributed by atoms with Gasteiger partial charge in [-0.3, -0.25) is 9.69 Å². The van der Waals surface area contributed by atoms with Gasteiger partial charge in [0, 0.05) is 17.9 Å². The lowest BCUT2D eigenvalue weighted by molar-refractivity contribution is -0.148. The van der Waals surface area contributed by atoms with Gasteiger partial charge in [-0.25, -0.2) is 0 Å². The fraction of sp³-hybridized carbons (Fsp3) is 0.917. The summed E-state index contributed by atoms with van der Waals surface area (Å²) in [6.45, 7) is 3.02. The molecule has 0 bridgehead atoms. The Morgan fingerprint density at radius 1 is 1.41 bits per heavy atom. The Labute approximate surface area is 100 Å². The van der Waals surface area contributed by atoms with E-state index in [0.29, 0.717) is 6.42 Å². The van der Waals surface area contributed by atoms with Crippen molar-refractivity contribution >= 4 is 5.78 Å². The van der Waals surface area contributed by atoms with E-state index < -0.39 is 12.7 Å². The van der Waals surface area contributed by atoms with Crippen LogP contribution in [0.15, 0.2) is 0 Å². The van der Waals surface area contributed by atoms with Crippen molar-refractivity contribution in [2.45, 2.75) is 39.3 Å². The van der Waals surface area contributed by atoms with Crippen LogP contribution < -0.4 is 0 Å². The first kappa shape index (κ1) is 14.5. The minimum absolute atomic E-state index is 0.109. The lowest BCUT2D eigenvalue weighted by Gasteiger charge is -2.35. The Morgan fingerprint density at radius 2 is 2.00 bits per heavy atom. The Balaban J connectivity index is 2.54. The molecule has 1 fully saturated rings. The highest BCUT2D eigenvalue weighted by Crippen LogP contribution is 2.35. The van der Waals surface area contributed by atoms with Crippen LogP contribution in [0, 0.1) is 11.3 Å². The van der Waals surface area contributed by atoms with E-state index >= 15 is 0 Å². The van der Waals surface area contributed by atoms with Crippen molar-refractivity contribution in [3.63, 3.8) is 0 Å². The molecule has 0 aromatic carbocycles. The number of rotatable bonds is 3. The molecular weight excluding hydrogens is 231 g/mol. The second kappa shape index (κ2) is 4.96. The molecule has 2 nitrogen and oxygen atoms in total. The maximum absolute atomic E-state index is 12.2. The van der Waals surface area contributed by atoms with Crippen molar-refractivity contribution in [1.29, 1.82) is 0 Å². The molecule has 100 valence electrons. The predicted molar refractivity (Wildman–Crippen MR) is 59.7 cm³/mol. The highest BCUT2D eigenvalue weighted by Gasteiger charge is 2.38. The highest BCUT2D eigenvalue weighted by atomic mass is 19.4. The second-order valence-electron chi connectivity index (χ2n) is 5.65. The molecule has 0 aromatic heterocycles. The van der Waals surface area contributed by atoms with E-state index in [1.54, 1.807) is 0 Å². The standard InChI is InChI=1S/C12H20F3NO/c1-11(2)6-4-5-9(10(11)17)7-16(3)8-12(13,14)15/h9H,4-8H2,1-3H3. The average molecular weight is 251 g/mol. The maximum Gasteiger partial charge on any atom is 0.401 e. The number of hydrogen-bond donors (Lipinski definition) is 0. The van der Waals surface area contributed by atoms with E-state index in [1.807, 2.05) is 13.8 Å². The van der Waals surface area contributed by atoms with Crippen molar-refractivity contribution in [3.8, 4) is 0 Å². The summed E-state index contributed by atoms with van der Waals surface area (Å²) in [6.07, 6.45) is -1.72. The SMILES string of the molecule is CN(CC1CCCC(C)(C)C1=O)CC(F)(F)F.